The fourth-order valence-electron chi connectivity index (χ4n) is 3.67. The average molecular weight is 384 g/mol. The highest BCUT2D eigenvalue weighted by molar-refractivity contribution is 5.82. The highest BCUT2D eigenvalue weighted by Gasteiger charge is 2.35. The summed E-state index contributed by atoms with van der Waals surface area (Å²) in [4.78, 5) is 28.5. The number of morpholine rings is 1. The van der Waals surface area contributed by atoms with E-state index in [1.54, 1.807) is 4.90 Å². The van der Waals surface area contributed by atoms with Crippen molar-refractivity contribution in [3.63, 3.8) is 0 Å². The van der Waals surface area contributed by atoms with Crippen LogP contribution >= 0.6 is 0 Å². The molecule has 0 unspecified atom stereocenters. The summed E-state index contributed by atoms with van der Waals surface area (Å²) < 4.78 is 44.6. The Bertz CT molecular complexity index is 687. The van der Waals surface area contributed by atoms with Gasteiger partial charge >= 0.3 is 6.18 Å². The van der Waals surface area contributed by atoms with E-state index in [4.69, 9.17) is 4.74 Å². The van der Waals surface area contributed by atoms with Crippen molar-refractivity contribution in [3.05, 3.63) is 35.4 Å². The minimum Gasteiger partial charge on any atom is -0.378 e. The van der Waals surface area contributed by atoms with Gasteiger partial charge in [0.25, 0.3) is 0 Å². The van der Waals surface area contributed by atoms with Crippen LogP contribution in [0.5, 0.6) is 0 Å². The van der Waals surface area contributed by atoms with Gasteiger partial charge in [-0.05, 0) is 24.5 Å². The number of likely N-dealkylation sites (tertiary alicyclic amines) is 1. The minimum atomic E-state index is -4.49. The number of nitrogens with zero attached hydrogens (tertiary/aromatic N) is 2. The summed E-state index contributed by atoms with van der Waals surface area (Å²) in [5.41, 5.74) is -0.812. The molecule has 1 atom stereocenters. The second kappa shape index (κ2) is 8.29. The lowest BCUT2D eigenvalue weighted by atomic mass is 9.95. The number of ether oxygens (including phenoxy) is 1. The highest BCUT2D eigenvalue weighted by atomic mass is 19.4. The number of alkyl halides is 3. The maximum Gasteiger partial charge on any atom is 0.416 e. The van der Waals surface area contributed by atoms with Gasteiger partial charge in [-0.3, -0.25) is 9.59 Å². The van der Waals surface area contributed by atoms with Gasteiger partial charge in [0.2, 0.25) is 11.8 Å². The molecular formula is C19H23F3N2O3. The lowest BCUT2D eigenvalue weighted by Crippen LogP contribution is -2.49. The van der Waals surface area contributed by atoms with Crippen LogP contribution in [0, 0.1) is 5.92 Å². The van der Waals surface area contributed by atoms with E-state index in [9.17, 15) is 22.8 Å². The molecule has 2 saturated heterocycles. The molecule has 0 aromatic heterocycles. The fourth-order valence-corrected chi connectivity index (χ4v) is 3.67. The number of carbonyl (C=O) groups excluding carboxylic acids is 2. The molecule has 8 heteroatoms. The second-order valence-electron chi connectivity index (χ2n) is 6.95. The minimum absolute atomic E-state index is 0.00601. The zero-order valence-electron chi connectivity index (χ0n) is 15.0. The molecule has 1 aromatic rings. The maximum absolute atomic E-state index is 13.1. The van der Waals surface area contributed by atoms with Crippen LogP contribution in [0.1, 0.15) is 24.0 Å². The van der Waals surface area contributed by atoms with Gasteiger partial charge in [-0.25, -0.2) is 0 Å². The molecule has 2 fully saturated rings. The predicted molar refractivity (Wildman–Crippen MR) is 91.9 cm³/mol. The number of halogens is 3. The molecule has 0 spiro atoms. The summed E-state index contributed by atoms with van der Waals surface area (Å²) in [6.07, 6.45) is -3.44. The summed E-state index contributed by atoms with van der Waals surface area (Å²) >= 11 is 0. The van der Waals surface area contributed by atoms with Gasteiger partial charge in [0.1, 0.15) is 0 Å². The van der Waals surface area contributed by atoms with Crippen molar-refractivity contribution >= 4 is 11.8 Å². The Labute approximate surface area is 156 Å². The Morgan fingerprint density at radius 1 is 1.07 bits per heavy atom. The molecule has 0 bridgehead atoms. The van der Waals surface area contributed by atoms with Crippen LogP contribution in [0.2, 0.25) is 0 Å². The topological polar surface area (TPSA) is 49.9 Å². The van der Waals surface area contributed by atoms with Crippen molar-refractivity contribution in [1.82, 2.24) is 9.80 Å². The number of amides is 2. The molecular weight excluding hydrogens is 361 g/mol. The molecule has 0 radical (unpaired) electrons. The maximum atomic E-state index is 13.1. The molecule has 2 aliphatic heterocycles. The molecule has 3 rings (SSSR count). The lowest BCUT2D eigenvalue weighted by molar-refractivity contribution is -0.143. The summed E-state index contributed by atoms with van der Waals surface area (Å²) in [6.45, 7) is 2.85. The summed E-state index contributed by atoms with van der Waals surface area (Å²) in [6, 6.07) is 5.14. The molecule has 0 saturated carbocycles. The molecule has 0 N–H and O–H groups in total. The van der Waals surface area contributed by atoms with Crippen molar-refractivity contribution in [2.24, 2.45) is 5.92 Å². The van der Waals surface area contributed by atoms with E-state index < -0.39 is 11.7 Å². The van der Waals surface area contributed by atoms with Crippen LogP contribution in [0.4, 0.5) is 13.2 Å². The van der Waals surface area contributed by atoms with Crippen molar-refractivity contribution in [1.29, 1.82) is 0 Å². The first kappa shape index (κ1) is 19.7. The third-order valence-electron chi connectivity index (χ3n) is 5.11. The molecule has 5 nitrogen and oxygen atoms in total. The Morgan fingerprint density at radius 3 is 2.48 bits per heavy atom. The largest absolute Gasteiger partial charge is 0.416 e. The van der Waals surface area contributed by atoms with Gasteiger partial charge < -0.3 is 14.5 Å². The van der Waals surface area contributed by atoms with E-state index in [-0.39, 0.29) is 36.3 Å². The lowest BCUT2D eigenvalue weighted by Gasteiger charge is -2.36. The number of rotatable bonds is 3. The van der Waals surface area contributed by atoms with E-state index in [2.05, 4.69) is 0 Å². The molecule has 2 amide bonds. The molecule has 2 aliphatic rings. The predicted octanol–water partition coefficient (Wildman–Crippen LogP) is 2.35. The normalized spacial score (nSPS) is 21.2. The van der Waals surface area contributed by atoms with Crippen LogP contribution in [0.25, 0.3) is 0 Å². The Morgan fingerprint density at radius 2 is 1.78 bits per heavy atom. The zero-order valence-corrected chi connectivity index (χ0v) is 15.0. The van der Waals surface area contributed by atoms with E-state index in [0.29, 0.717) is 45.7 Å². The molecule has 1 aromatic carbocycles. The van der Waals surface area contributed by atoms with Gasteiger partial charge in [0, 0.05) is 26.2 Å². The molecule has 148 valence electrons. The Kier molecular flexibility index (Phi) is 6.04. The van der Waals surface area contributed by atoms with Crippen LogP contribution in [0.3, 0.4) is 0 Å². The SMILES string of the molecule is O=C(Cc1ccccc1C(F)(F)F)N1CCC[C@@H](C(=O)N2CCOCC2)C1. The second-order valence-corrected chi connectivity index (χ2v) is 6.95. The third kappa shape index (κ3) is 4.80. The smallest absolute Gasteiger partial charge is 0.378 e. The van der Waals surface area contributed by atoms with Gasteiger partial charge in [-0.15, -0.1) is 0 Å². The fraction of sp³-hybridized carbons (Fsp3) is 0.579. The first-order valence-corrected chi connectivity index (χ1v) is 9.15. The van der Waals surface area contributed by atoms with Crippen molar-refractivity contribution in [2.45, 2.75) is 25.4 Å². The number of hydrogen-bond acceptors (Lipinski definition) is 3. The molecule has 2 heterocycles. The Balaban J connectivity index is 1.64. The van der Waals surface area contributed by atoms with E-state index in [1.165, 1.54) is 23.1 Å². The standard InChI is InChI=1S/C19H23F3N2O3/c20-19(21,22)16-6-2-1-4-14(16)12-17(25)24-7-3-5-15(13-24)18(26)23-8-10-27-11-9-23/h1-2,4,6,15H,3,5,7-13H2/t15-/m1/s1. The number of benzene rings is 1. The Hall–Kier alpha value is -2.09. The first-order chi connectivity index (χ1) is 12.9. The summed E-state index contributed by atoms with van der Waals surface area (Å²) in [5.74, 6) is -0.656. The van der Waals surface area contributed by atoms with E-state index in [1.807, 2.05) is 0 Å². The molecule has 0 aliphatic carbocycles. The zero-order chi connectivity index (χ0) is 19.4. The summed E-state index contributed by atoms with van der Waals surface area (Å²) in [5, 5.41) is 0. The quantitative estimate of drug-likeness (QED) is 0.804. The number of hydrogen-bond donors (Lipinski definition) is 0. The van der Waals surface area contributed by atoms with Gasteiger partial charge in [-0.1, -0.05) is 18.2 Å². The highest BCUT2D eigenvalue weighted by Crippen LogP contribution is 2.32. The number of carbonyl (C=O) groups is 2. The van der Waals surface area contributed by atoms with Gasteiger partial charge in [0.15, 0.2) is 0 Å². The van der Waals surface area contributed by atoms with E-state index in [0.717, 1.165) is 6.07 Å². The van der Waals surface area contributed by atoms with Crippen molar-refractivity contribution < 1.29 is 27.5 Å². The van der Waals surface area contributed by atoms with Crippen LogP contribution in [-0.4, -0.2) is 61.0 Å². The average Bonchev–Trinajstić information content (AvgIpc) is 2.68. The van der Waals surface area contributed by atoms with Gasteiger partial charge in [-0.2, -0.15) is 13.2 Å². The van der Waals surface area contributed by atoms with Crippen molar-refractivity contribution in [2.75, 3.05) is 39.4 Å². The van der Waals surface area contributed by atoms with Crippen LogP contribution in [0.15, 0.2) is 24.3 Å². The monoisotopic (exact) mass is 384 g/mol. The van der Waals surface area contributed by atoms with Crippen LogP contribution in [-0.2, 0) is 26.9 Å². The van der Waals surface area contributed by atoms with Crippen molar-refractivity contribution in [3.8, 4) is 0 Å². The van der Waals surface area contributed by atoms with Crippen LogP contribution < -0.4 is 0 Å². The molecule has 27 heavy (non-hydrogen) atoms. The summed E-state index contributed by atoms with van der Waals surface area (Å²) in [7, 11) is 0. The third-order valence-corrected chi connectivity index (χ3v) is 5.11. The van der Waals surface area contributed by atoms with Gasteiger partial charge in [0.05, 0.1) is 31.1 Å². The number of piperidine rings is 1. The first-order valence-electron chi connectivity index (χ1n) is 9.15. The van der Waals surface area contributed by atoms with E-state index >= 15 is 0 Å².